The highest BCUT2D eigenvalue weighted by atomic mass is 19.3. The van der Waals surface area contributed by atoms with E-state index in [0.29, 0.717) is 0 Å². The van der Waals surface area contributed by atoms with Gasteiger partial charge < -0.3 is 21.7 Å². The second-order valence-corrected chi connectivity index (χ2v) is 6.60. The maximum atomic E-state index is 14.1. The lowest BCUT2D eigenvalue weighted by Gasteiger charge is -2.35. The van der Waals surface area contributed by atoms with E-state index in [1.165, 1.54) is 36.3 Å². The van der Waals surface area contributed by atoms with Gasteiger partial charge in [-0.15, -0.1) is 0 Å². The maximum Gasteiger partial charge on any atom is 0.319 e. The van der Waals surface area contributed by atoms with Crippen LogP contribution in [0.15, 0.2) is 47.4 Å². The van der Waals surface area contributed by atoms with Crippen LogP contribution < -0.4 is 22.1 Å². The average molecular weight is 434 g/mol. The average Bonchev–Trinajstić information content (AvgIpc) is 2.73. The fourth-order valence-corrected chi connectivity index (χ4v) is 3.08. The van der Waals surface area contributed by atoms with Crippen LogP contribution in [0.1, 0.15) is 10.5 Å². The Kier molecular flexibility index (Phi) is 6.39. The Morgan fingerprint density at radius 2 is 2.13 bits per heavy atom. The van der Waals surface area contributed by atoms with Crippen molar-refractivity contribution in [1.82, 2.24) is 25.5 Å². The van der Waals surface area contributed by atoms with Crippen LogP contribution in [-0.4, -0.2) is 59.3 Å². The van der Waals surface area contributed by atoms with Crippen LogP contribution in [0.2, 0.25) is 0 Å². The summed E-state index contributed by atoms with van der Waals surface area (Å²) in [5, 5.41) is 4.57. The molecule has 1 aliphatic heterocycles. The maximum absolute atomic E-state index is 14.1. The van der Waals surface area contributed by atoms with Crippen molar-refractivity contribution in [1.29, 1.82) is 0 Å². The monoisotopic (exact) mass is 434 g/mol. The van der Waals surface area contributed by atoms with E-state index in [1.807, 2.05) is 0 Å². The second-order valence-electron chi connectivity index (χ2n) is 6.60. The highest BCUT2D eigenvalue weighted by molar-refractivity contribution is 6.06. The van der Waals surface area contributed by atoms with Crippen molar-refractivity contribution in [3.63, 3.8) is 0 Å². The van der Waals surface area contributed by atoms with Crippen molar-refractivity contribution < 1.29 is 18.0 Å². The van der Waals surface area contributed by atoms with Crippen LogP contribution in [0.5, 0.6) is 0 Å². The lowest BCUT2D eigenvalue weighted by Crippen LogP contribution is -2.58. The quantitative estimate of drug-likeness (QED) is 0.319. The molecule has 0 saturated carbocycles. The summed E-state index contributed by atoms with van der Waals surface area (Å²) in [5.41, 5.74) is 11.4. The molecule has 31 heavy (non-hydrogen) atoms. The molecule has 1 aromatic heterocycles. The number of carbonyl (C=O) groups excluding carboxylic acids is 1. The fourth-order valence-electron chi connectivity index (χ4n) is 3.08. The van der Waals surface area contributed by atoms with Gasteiger partial charge in [-0.25, -0.2) is 14.4 Å². The highest BCUT2D eigenvalue weighted by Crippen LogP contribution is 2.22. The van der Waals surface area contributed by atoms with E-state index >= 15 is 0 Å². The van der Waals surface area contributed by atoms with Gasteiger partial charge in [-0.05, 0) is 12.1 Å². The molecule has 1 aromatic carbocycles. The summed E-state index contributed by atoms with van der Waals surface area (Å²) < 4.78 is 41.5. The molecule has 1 amide bonds. The molecular weight excluding hydrogens is 413 g/mol. The number of hydrogen-bond acceptors (Lipinski definition) is 7. The molecule has 164 valence electrons. The van der Waals surface area contributed by atoms with Gasteiger partial charge in [-0.2, -0.15) is 8.78 Å². The third kappa shape index (κ3) is 4.91. The number of halogens is 3. The zero-order valence-electron chi connectivity index (χ0n) is 16.6. The van der Waals surface area contributed by atoms with E-state index in [-0.39, 0.29) is 47.4 Å². The third-order valence-electron chi connectivity index (χ3n) is 4.49. The van der Waals surface area contributed by atoms with E-state index < -0.39 is 24.3 Å². The number of carbonyl (C=O) groups is 1. The molecule has 3 rings (SSSR count). The van der Waals surface area contributed by atoms with Crippen molar-refractivity contribution in [3.05, 3.63) is 53.9 Å². The van der Waals surface area contributed by atoms with Gasteiger partial charge in [0.2, 0.25) is 0 Å². The molecule has 6 N–H and O–H groups in total. The number of piperazine rings is 1. The fraction of sp³-hybridized carbons (Fsp3) is 0.263. The minimum absolute atomic E-state index is 0.0114. The molecule has 0 bridgehead atoms. The molecule has 2 aromatic rings. The van der Waals surface area contributed by atoms with Crippen LogP contribution >= 0.6 is 0 Å². The molecular formula is C19H21F3N8O. The van der Waals surface area contributed by atoms with Gasteiger partial charge in [-0.3, -0.25) is 15.1 Å². The van der Waals surface area contributed by atoms with Crippen LogP contribution in [0.4, 0.5) is 19.0 Å². The van der Waals surface area contributed by atoms with Crippen LogP contribution in [0.25, 0.3) is 11.3 Å². The highest BCUT2D eigenvalue weighted by Gasteiger charge is 2.37. The second kappa shape index (κ2) is 9.00. The van der Waals surface area contributed by atoms with E-state index in [9.17, 15) is 18.0 Å². The molecule has 0 aliphatic carbocycles. The van der Waals surface area contributed by atoms with Crippen molar-refractivity contribution in [2.45, 2.75) is 6.05 Å². The first-order valence-electron chi connectivity index (χ1n) is 9.21. The van der Waals surface area contributed by atoms with Crippen LogP contribution in [-0.2, 0) is 0 Å². The summed E-state index contributed by atoms with van der Waals surface area (Å²) in [4.78, 5) is 26.1. The largest absolute Gasteiger partial charge is 0.403 e. The Labute approximate surface area is 176 Å². The minimum atomic E-state index is -3.12. The number of rotatable bonds is 4. The number of aromatic nitrogens is 2. The number of amides is 1. The summed E-state index contributed by atoms with van der Waals surface area (Å²) in [6, 6.07) is 2.73. The predicted molar refractivity (Wildman–Crippen MR) is 109 cm³/mol. The normalized spacial score (nSPS) is 16.8. The van der Waals surface area contributed by atoms with Gasteiger partial charge in [-0.1, -0.05) is 12.1 Å². The van der Waals surface area contributed by atoms with Crippen molar-refractivity contribution in [2.24, 2.45) is 10.7 Å². The van der Waals surface area contributed by atoms with Gasteiger partial charge in [0.05, 0.1) is 24.1 Å². The SMILES string of the molecule is CN=C(/C(=C\N)NC(=O)c1nc(-c2ccccc2F)cnc1N)N1CCNC(F)(F)C1. The molecule has 1 saturated heterocycles. The minimum Gasteiger partial charge on any atom is -0.403 e. The van der Waals surface area contributed by atoms with E-state index in [0.717, 1.165) is 6.20 Å². The number of nitrogen functional groups attached to an aromatic ring is 1. The lowest BCUT2D eigenvalue weighted by molar-refractivity contribution is -0.0682. The number of aliphatic imine (C=N–C) groups is 1. The molecule has 0 atom stereocenters. The Balaban J connectivity index is 1.86. The molecule has 1 aliphatic rings. The molecule has 2 heterocycles. The van der Waals surface area contributed by atoms with E-state index in [1.54, 1.807) is 6.07 Å². The molecule has 9 nitrogen and oxygen atoms in total. The van der Waals surface area contributed by atoms with Gasteiger partial charge in [0.15, 0.2) is 11.5 Å². The molecule has 0 spiro atoms. The third-order valence-corrected chi connectivity index (χ3v) is 4.49. The first kappa shape index (κ1) is 22.0. The molecule has 0 unspecified atom stereocenters. The van der Waals surface area contributed by atoms with Crippen molar-refractivity contribution >= 4 is 17.6 Å². The molecule has 0 radical (unpaired) electrons. The number of nitrogens with zero attached hydrogens (tertiary/aromatic N) is 4. The summed E-state index contributed by atoms with van der Waals surface area (Å²) in [7, 11) is 1.39. The molecule has 1 fully saturated rings. The van der Waals surface area contributed by atoms with Gasteiger partial charge >= 0.3 is 6.05 Å². The topological polar surface area (TPSA) is 135 Å². The summed E-state index contributed by atoms with van der Waals surface area (Å²) >= 11 is 0. The molecule has 12 heteroatoms. The number of anilines is 1. The number of alkyl halides is 2. The number of hydrogen-bond donors (Lipinski definition) is 4. The number of nitrogens with one attached hydrogen (secondary N) is 2. The van der Waals surface area contributed by atoms with Gasteiger partial charge in [0.25, 0.3) is 5.91 Å². The Hall–Kier alpha value is -3.67. The summed E-state index contributed by atoms with van der Waals surface area (Å²) in [5.74, 6) is -1.48. The van der Waals surface area contributed by atoms with Crippen LogP contribution in [0, 0.1) is 5.82 Å². The van der Waals surface area contributed by atoms with E-state index in [4.69, 9.17) is 11.5 Å². The van der Waals surface area contributed by atoms with Gasteiger partial charge in [0, 0.05) is 31.9 Å². The first-order chi connectivity index (χ1) is 14.8. The lowest BCUT2D eigenvalue weighted by atomic mass is 10.1. The van der Waals surface area contributed by atoms with E-state index in [2.05, 4.69) is 25.6 Å². The van der Waals surface area contributed by atoms with Crippen molar-refractivity contribution in [2.75, 3.05) is 32.4 Å². The van der Waals surface area contributed by atoms with Crippen LogP contribution in [0.3, 0.4) is 0 Å². The zero-order valence-corrected chi connectivity index (χ0v) is 16.6. The first-order valence-corrected chi connectivity index (χ1v) is 9.21. The Morgan fingerprint density at radius 1 is 1.39 bits per heavy atom. The standard InChI is InChI=1S/C19H21F3N8O/c1-25-17(30-7-6-27-19(21,22)10-30)13(8-23)29-18(31)15-16(24)26-9-14(28-15)11-4-2-3-5-12(11)20/h2-5,8-9,27H,6-7,10,23H2,1H3,(H2,24,26)(H,29,31)/b13-8+,25-17?. The predicted octanol–water partition coefficient (Wildman–Crippen LogP) is 0.921. The Morgan fingerprint density at radius 3 is 2.77 bits per heavy atom. The number of benzene rings is 1. The smallest absolute Gasteiger partial charge is 0.319 e. The number of nitrogens with two attached hydrogens (primary N) is 2. The van der Waals surface area contributed by atoms with Gasteiger partial charge in [0.1, 0.15) is 11.7 Å². The summed E-state index contributed by atoms with van der Waals surface area (Å²) in [6.07, 6.45) is 2.27. The summed E-state index contributed by atoms with van der Waals surface area (Å²) in [6.45, 7) is -0.418. The van der Waals surface area contributed by atoms with Crippen molar-refractivity contribution in [3.8, 4) is 11.3 Å². The zero-order chi connectivity index (χ0) is 22.6. The number of amidine groups is 1. The Bertz CT molecular complexity index is 1040.